The maximum Gasteiger partial charge on any atom is 0.319 e. The predicted octanol–water partition coefficient (Wildman–Crippen LogP) is 3.45. The highest BCUT2D eigenvalue weighted by Crippen LogP contribution is 2.75. The molecule has 31 heavy (non-hydrogen) atoms. The summed E-state index contributed by atoms with van der Waals surface area (Å²) in [7, 11) is 3.78. The van der Waals surface area contributed by atoms with Crippen LogP contribution in [0.3, 0.4) is 0 Å². The van der Waals surface area contributed by atoms with E-state index >= 15 is 0 Å². The van der Waals surface area contributed by atoms with Gasteiger partial charge in [0.05, 0.1) is 0 Å². The average Bonchev–Trinajstić information content (AvgIpc) is 3.43. The van der Waals surface area contributed by atoms with E-state index in [0.717, 1.165) is 25.3 Å². The predicted molar refractivity (Wildman–Crippen MR) is 119 cm³/mol. The van der Waals surface area contributed by atoms with Crippen molar-refractivity contribution in [2.45, 2.75) is 62.4 Å². The second-order valence-corrected chi connectivity index (χ2v) is 11.8. The molecule has 4 bridgehead atoms. The van der Waals surface area contributed by atoms with E-state index in [2.05, 4.69) is 21.9 Å². The summed E-state index contributed by atoms with van der Waals surface area (Å²) in [6.45, 7) is 3.41. The van der Waals surface area contributed by atoms with Crippen molar-refractivity contribution in [3.63, 3.8) is 0 Å². The zero-order valence-electron chi connectivity index (χ0n) is 18.9. The Balaban J connectivity index is 1.38. The first-order valence-electron chi connectivity index (χ1n) is 12.5. The first-order chi connectivity index (χ1) is 14.9. The van der Waals surface area contributed by atoms with Crippen LogP contribution in [0, 0.1) is 23.2 Å². The van der Waals surface area contributed by atoms with Gasteiger partial charge in [-0.3, -0.25) is 4.90 Å². The number of aromatic hydroxyl groups is 1. The van der Waals surface area contributed by atoms with Crippen molar-refractivity contribution < 1.29 is 9.90 Å². The second-order valence-electron chi connectivity index (χ2n) is 11.8. The summed E-state index contributed by atoms with van der Waals surface area (Å²) < 4.78 is 0. The second kappa shape index (κ2) is 5.98. The van der Waals surface area contributed by atoms with Gasteiger partial charge in [-0.2, -0.15) is 0 Å². The van der Waals surface area contributed by atoms with Gasteiger partial charge < -0.3 is 14.9 Å². The number of nitrogens with zero attached hydrogens (tertiary/aromatic N) is 3. The Morgan fingerprint density at radius 2 is 2.06 bits per heavy atom. The van der Waals surface area contributed by atoms with Crippen LogP contribution in [-0.4, -0.2) is 71.7 Å². The molecule has 1 aromatic carbocycles. The molecule has 4 aliphatic carbocycles. The van der Waals surface area contributed by atoms with Gasteiger partial charge in [0.2, 0.25) is 0 Å². The minimum Gasteiger partial charge on any atom is -0.508 e. The van der Waals surface area contributed by atoms with Crippen LogP contribution in [0.5, 0.6) is 5.75 Å². The lowest BCUT2D eigenvalue weighted by Gasteiger charge is -2.66. The fourth-order valence-electron chi connectivity index (χ4n) is 9.42. The van der Waals surface area contributed by atoms with Gasteiger partial charge in [0, 0.05) is 44.7 Å². The average molecular weight is 422 g/mol. The van der Waals surface area contributed by atoms with Crippen LogP contribution in [0.15, 0.2) is 18.2 Å². The number of likely N-dealkylation sites (tertiary alicyclic amines) is 2. The zero-order valence-corrected chi connectivity index (χ0v) is 18.9. The smallest absolute Gasteiger partial charge is 0.319 e. The Labute approximate surface area is 185 Å². The fraction of sp³-hybridized carbons (Fsp3) is 0.731. The zero-order chi connectivity index (χ0) is 21.1. The fourth-order valence-corrected chi connectivity index (χ4v) is 9.42. The quantitative estimate of drug-likeness (QED) is 0.796. The molecule has 2 saturated heterocycles. The summed E-state index contributed by atoms with van der Waals surface area (Å²) in [5.41, 5.74) is 3.39. The third-order valence-electron chi connectivity index (χ3n) is 10.4. The number of fused-ring (bicyclic) bond motifs is 1. The molecular formula is C26H35N3O2. The molecule has 1 N–H and O–H groups in total. The van der Waals surface area contributed by atoms with Crippen molar-refractivity contribution in [3.05, 3.63) is 29.3 Å². The number of phenols is 1. The number of urea groups is 1. The number of amides is 2. The maximum atomic E-state index is 13.1. The molecule has 2 heterocycles. The highest BCUT2D eigenvalue weighted by atomic mass is 16.3. The van der Waals surface area contributed by atoms with Crippen molar-refractivity contribution >= 4 is 6.03 Å². The van der Waals surface area contributed by atoms with Crippen molar-refractivity contribution in [2.24, 2.45) is 23.2 Å². The van der Waals surface area contributed by atoms with Crippen LogP contribution in [0.1, 0.15) is 49.7 Å². The summed E-state index contributed by atoms with van der Waals surface area (Å²) in [6.07, 6.45) is 8.85. The van der Waals surface area contributed by atoms with E-state index in [-0.39, 0.29) is 11.4 Å². The molecule has 2 amide bonds. The van der Waals surface area contributed by atoms with Crippen LogP contribution in [0.2, 0.25) is 0 Å². The third-order valence-corrected chi connectivity index (χ3v) is 10.4. The molecule has 5 unspecified atom stereocenters. The summed E-state index contributed by atoms with van der Waals surface area (Å²) in [6, 6.07) is 7.43. The minimum absolute atomic E-state index is 0.138. The Hall–Kier alpha value is -1.75. The number of piperidine rings is 1. The molecule has 5 nitrogen and oxygen atoms in total. The van der Waals surface area contributed by atoms with Crippen molar-refractivity contribution in [2.75, 3.05) is 33.7 Å². The van der Waals surface area contributed by atoms with Crippen LogP contribution in [-0.2, 0) is 11.8 Å². The van der Waals surface area contributed by atoms with E-state index in [9.17, 15) is 9.90 Å². The highest BCUT2D eigenvalue weighted by Gasteiger charge is 2.76. The molecule has 5 heteroatoms. The number of phenolic OH excluding ortho intramolecular Hbond substituents is 1. The van der Waals surface area contributed by atoms with Crippen LogP contribution in [0.25, 0.3) is 0 Å². The molecule has 1 aromatic rings. The van der Waals surface area contributed by atoms with E-state index in [1.807, 2.05) is 20.2 Å². The lowest BCUT2D eigenvalue weighted by molar-refractivity contribution is -0.102. The number of carbonyl (C=O) groups excluding carboxylic acids is 1. The molecule has 7 rings (SSSR count). The normalized spacial score (nSPS) is 42.3. The Bertz CT molecular complexity index is 958. The summed E-state index contributed by atoms with van der Waals surface area (Å²) >= 11 is 0. The van der Waals surface area contributed by atoms with E-state index in [1.165, 1.54) is 56.3 Å². The standard InChI is InChI=1S/C26H35N3O2/c1-27(2)24(31)29-15-18-13-25-8-7-21(29)23(18)26(25)9-10-28(14-16-3-4-16)22(25)11-17-5-6-19(30)12-20(17)26/h5-6,12,16,18,21-23,30H,3-4,7-11,13-15H2,1-2H3/t18-,21?,22?,23?,25?,26?/m1/s1. The highest BCUT2D eigenvalue weighted by molar-refractivity contribution is 5.75. The van der Waals surface area contributed by atoms with E-state index < -0.39 is 0 Å². The molecule has 166 valence electrons. The first-order valence-corrected chi connectivity index (χ1v) is 12.5. The molecule has 5 fully saturated rings. The van der Waals surface area contributed by atoms with Crippen LogP contribution >= 0.6 is 0 Å². The number of hydrogen-bond acceptors (Lipinski definition) is 3. The lowest BCUT2D eigenvalue weighted by atomic mass is 9.43. The number of carbonyl (C=O) groups is 1. The molecule has 2 aliphatic heterocycles. The summed E-state index contributed by atoms with van der Waals surface area (Å²) in [5.74, 6) is 2.50. The van der Waals surface area contributed by atoms with Gasteiger partial charge in [0.15, 0.2) is 0 Å². The van der Waals surface area contributed by atoms with Crippen molar-refractivity contribution in [1.82, 2.24) is 14.7 Å². The first kappa shape index (κ1) is 18.8. The lowest BCUT2D eigenvalue weighted by Crippen LogP contribution is -2.70. The van der Waals surface area contributed by atoms with E-state index in [4.69, 9.17) is 0 Å². The molecule has 6 aliphatic rings. The number of rotatable bonds is 2. The van der Waals surface area contributed by atoms with Gasteiger partial charge in [-0.05, 0) is 97.9 Å². The van der Waals surface area contributed by atoms with Gasteiger partial charge in [-0.25, -0.2) is 4.79 Å². The van der Waals surface area contributed by atoms with Gasteiger partial charge in [-0.1, -0.05) is 6.07 Å². The number of hydrogen-bond donors (Lipinski definition) is 1. The Morgan fingerprint density at radius 3 is 2.84 bits per heavy atom. The third kappa shape index (κ3) is 2.19. The summed E-state index contributed by atoms with van der Waals surface area (Å²) in [5, 5.41) is 10.5. The van der Waals surface area contributed by atoms with E-state index in [1.54, 1.807) is 4.90 Å². The minimum atomic E-state index is 0.138. The maximum absolute atomic E-state index is 13.1. The molecule has 3 saturated carbocycles. The largest absolute Gasteiger partial charge is 0.508 e. The van der Waals surface area contributed by atoms with Gasteiger partial charge >= 0.3 is 6.03 Å². The topological polar surface area (TPSA) is 47.0 Å². The molecule has 0 radical (unpaired) electrons. The number of benzene rings is 1. The molecule has 0 spiro atoms. The van der Waals surface area contributed by atoms with Crippen molar-refractivity contribution in [1.29, 1.82) is 0 Å². The Kier molecular flexibility index (Phi) is 3.62. The van der Waals surface area contributed by atoms with E-state index in [0.29, 0.717) is 35.1 Å². The Morgan fingerprint density at radius 1 is 1.23 bits per heavy atom. The monoisotopic (exact) mass is 421 g/mol. The molecular weight excluding hydrogens is 386 g/mol. The van der Waals surface area contributed by atoms with Crippen LogP contribution < -0.4 is 0 Å². The molecule has 0 aromatic heterocycles. The van der Waals surface area contributed by atoms with Gasteiger partial charge in [0.25, 0.3) is 0 Å². The SMILES string of the molecule is CN(C)C(=O)N1C[C@H]2CC34CCC1C2C31CCN(CC2CC2)C4Cc2ccc(O)cc21. The summed E-state index contributed by atoms with van der Waals surface area (Å²) in [4.78, 5) is 19.9. The molecule has 6 atom stereocenters. The van der Waals surface area contributed by atoms with Gasteiger partial charge in [0.1, 0.15) is 5.75 Å². The van der Waals surface area contributed by atoms with Crippen molar-refractivity contribution in [3.8, 4) is 5.75 Å². The van der Waals surface area contributed by atoms with Gasteiger partial charge in [-0.15, -0.1) is 0 Å². The van der Waals surface area contributed by atoms with Crippen LogP contribution in [0.4, 0.5) is 4.79 Å².